The van der Waals surface area contributed by atoms with Gasteiger partial charge in [0.15, 0.2) is 0 Å². The Kier molecular flexibility index (Phi) is 4.02. The van der Waals surface area contributed by atoms with Crippen LogP contribution in [0.3, 0.4) is 0 Å². The third kappa shape index (κ3) is 3.19. The molecule has 1 N–H and O–H groups in total. The van der Waals surface area contributed by atoms with Gasteiger partial charge in [-0.2, -0.15) is 0 Å². The SMILES string of the molecule is C[C@H](NS(=O)C(C)(C)C)c1cccc2ccncc12. The molecule has 0 fully saturated rings. The molecule has 1 aromatic heterocycles. The molecule has 2 atom stereocenters. The molecule has 0 spiro atoms. The second kappa shape index (κ2) is 5.39. The summed E-state index contributed by atoms with van der Waals surface area (Å²) in [5.74, 6) is 0. The molecule has 1 heterocycles. The topological polar surface area (TPSA) is 42.0 Å². The maximum Gasteiger partial charge on any atom is 0.0975 e. The van der Waals surface area contributed by atoms with E-state index in [-0.39, 0.29) is 10.8 Å². The summed E-state index contributed by atoms with van der Waals surface area (Å²) in [4.78, 5) is 4.18. The molecular weight excluding hydrogens is 256 g/mol. The fraction of sp³-hybridized carbons (Fsp3) is 0.400. The highest BCUT2D eigenvalue weighted by atomic mass is 32.2. The molecule has 0 bridgehead atoms. The van der Waals surface area contributed by atoms with Gasteiger partial charge in [0, 0.05) is 23.8 Å². The minimum Gasteiger partial charge on any atom is -0.264 e. The van der Waals surface area contributed by atoms with Gasteiger partial charge < -0.3 is 0 Å². The molecule has 102 valence electrons. The predicted molar refractivity (Wildman–Crippen MR) is 81.2 cm³/mol. The van der Waals surface area contributed by atoms with Crippen LogP contribution in [0.15, 0.2) is 36.7 Å². The van der Waals surface area contributed by atoms with Gasteiger partial charge in [0.1, 0.15) is 0 Å². The maximum atomic E-state index is 12.2. The summed E-state index contributed by atoms with van der Waals surface area (Å²) in [5, 5.41) is 2.26. The van der Waals surface area contributed by atoms with Gasteiger partial charge >= 0.3 is 0 Å². The molecule has 2 rings (SSSR count). The smallest absolute Gasteiger partial charge is 0.0975 e. The lowest BCUT2D eigenvalue weighted by atomic mass is 10.0. The largest absolute Gasteiger partial charge is 0.264 e. The highest BCUT2D eigenvalue weighted by Crippen LogP contribution is 2.24. The predicted octanol–water partition coefficient (Wildman–Crippen LogP) is 3.35. The summed E-state index contributed by atoms with van der Waals surface area (Å²) in [5.41, 5.74) is 1.13. The van der Waals surface area contributed by atoms with Crippen LogP contribution in [-0.2, 0) is 11.0 Å². The van der Waals surface area contributed by atoms with E-state index >= 15 is 0 Å². The van der Waals surface area contributed by atoms with E-state index in [9.17, 15) is 4.21 Å². The van der Waals surface area contributed by atoms with Crippen LogP contribution < -0.4 is 4.72 Å². The Bertz CT molecular complexity index is 599. The lowest BCUT2D eigenvalue weighted by molar-refractivity contribution is 0.617. The second-order valence-corrected chi connectivity index (χ2v) is 7.66. The lowest BCUT2D eigenvalue weighted by Gasteiger charge is -2.22. The summed E-state index contributed by atoms with van der Waals surface area (Å²) >= 11 is 0. The van der Waals surface area contributed by atoms with E-state index in [1.165, 1.54) is 0 Å². The van der Waals surface area contributed by atoms with Crippen molar-refractivity contribution in [2.45, 2.75) is 38.5 Å². The number of aromatic nitrogens is 1. The molecule has 1 unspecified atom stereocenters. The Morgan fingerprint density at radius 3 is 2.68 bits per heavy atom. The Hall–Kier alpha value is -1.26. The molecule has 4 heteroatoms. The molecule has 0 amide bonds. The Balaban J connectivity index is 2.32. The first-order valence-electron chi connectivity index (χ1n) is 6.40. The Morgan fingerprint density at radius 2 is 2.00 bits per heavy atom. The molecule has 0 radical (unpaired) electrons. The highest BCUT2D eigenvalue weighted by Gasteiger charge is 2.22. The van der Waals surface area contributed by atoms with E-state index in [0.29, 0.717) is 0 Å². The van der Waals surface area contributed by atoms with Crippen LogP contribution in [0.2, 0.25) is 0 Å². The van der Waals surface area contributed by atoms with Crippen molar-refractivity contribution in [2.24, 2.45) is 0 Å². The van der Waals surface area contributed by atoms with Crippen LogP contribution in [-0.4, -0.2) is 13.9 Å². The summed E-state index contributed by atoms with van der Waals surface area (Å²) in [6.07, 6.45) is 3.65. The van der Waals surface area contributed by atoms with Crippen molar-refractivity contribution in [3.63, 3.8) is 0 Å². The van der Waals surface area contributed by atoms with E-state index in [0.717, 1.165) is 16.3 Å². The van der Waals surface area contributed by atoms with Crippen molar-refractivity contribution in [3.8, 4) is 0 Å². The summed E-state index contributed by atoms with van der Waals surface area (Å²) < 4.78 is 15.1. The van der Waals surface area contributed by atoms with Crippen LogP contribution in [0.25, 0.3) is 10.8 Å². The Morgan fingerprint density at radius 1 is 1.26 bits per heavy atom. The fourth-order valence-electron chi connectivity index (χ4n) is 1.92. The Labute approximate surface area is 117 Å². The van der Waals surface area contributed by atoms with Gasteiger partial charge in [-0.1, -0.05) is 18.2 Å². The number of hydrogen-bond acceptors (Lipinski definition) is 2. The normalized spacial score (nSPS) is 15.4. The molecule has 0 saturated heterocycles. The average Bonchev–Trinajstić information content (AvgIpc) is 2.36. The highest BCUT2D eigenvalue weighted by molar-refractivity contribution is 7.84. The van der Waals surface area contributed by atoms with Crippen LogP contribution in [0.5, 0.6) is 0 Å². The third-order valence-corrected chi connectivity index (χ3v) is 4.70. The van der Waals surface area contributed by atoms with Gasteiger partial charge in [-0.25, -0.2) is 8.93 Å². The van der Waals surface area contributed by atoms with E-state index in [4.69, 9.17) is 0 Å². The van der Waals surface area contributed by atoms with Gasteiger partial charge in [-0.15, -0.1) is 0 Å². The van der Waals surface area contributed by atoms with Gasteiger partial charge in [-0.05, 0) is 44.7 Å². The zero-order chi connectivity index (χ0) is 14.0. The number of pyridine rings is 1. The number of fused-ring (bicyclic) bond motifs is 1. The van der Waals surface area contributed by atoms with Crippen LogP contribution in [0.4, 0.5) is 0 Å². The maximum absolute atomic E-state index is 12.2. The molecule has 0 aliphatic carbocycles. The van der Waals surface area contributed by atoms with Crippen molar-refractivity contribution in [2.75, 3.05) is 0 Å². The van der Waals surface area contributed by atoms with E-state index in [2.05, 4.69) is 21.8 Å². The molecular formula is C15H20N2OS. The molecule has 0 saturated carbocycles. The van der Waals surface area contributed by atoms with Crippen LogP contribution in [0, 0.1) is 0 Å². The van der Waals surface area contributed by atoms with Crippen LogP contribution in [0.1, 0.15) is 39.3 Å². The van der Waals surface area contributed by atoms with Crippen molar-refractivity contribution in [1.82, 2.24) is 9.71 Å². The van der Waals surface area contributed by atoms with Crippen molar-refractivity contribution in [1.29, 1.82) is 0 Å². The zero-order valence-corrected chi connectivity index (χ0v) is 12.6. The minimum absolute atomic E-state index is 0.0213. The van der Waals surface area contributed by atoms with Crippen molar-refractivity contribution < 1.29 is 4.21 Å². The molecule has 0 aliphatic heterocycles. The fourth-order valence-corrected chi connectivity index (χ4v) is 2.72. The molecule has 1 aromatic carbocycles. The molecule has 3 nitrogen and oxygen atoms in total. The zero-order valence-electron chi connectivity index (χ0n) is 11.8. The summed E-state index contributed by atoms with van der Waals surface area (Å²) in [6, 6.07) is 8.16. The molecule has 2 aromatic rings. The second-order valence-electron chi connectivity index (χ2n) is 5.66. The first-order chi connectivity index (χ1) is 8.89. The number of nitrogens with one attached hydrogen (secondary N) is 1. The number of nitrogens with zero attached hydrogens (tertiary/aromatic N) is 1. The third-order valence-electron chi connectivity index (χ3n) is 3.02. The van der Waals surface area contributed by atoms with Gasteiger partial charge in [0.2, 0.25) is 0 Å². The number of hydrogen-bond donors (Lipinski definition) is 1. The quantitative estimate of drug-likeness (QED) is 0.934. The summed E-state index contributed by atoms with van der Waals surface area (Å²) in [7, 11) is -1.08. The van der Waals surface area contributed by atoms with E-state index in [1.807, 2.05) is 46.0 Å². The first-order valence-corrected chi connectivity index (χ1v) is 7.55. The molecule has 0 aliphatic rings. The van der Waals surface area contributed by atoms with E-state index < -0.39 is 11.0 Å². The lowest BCUT2D eigenvalue weighted by Crippen LogP contribution is -2.34. The first kappa shape index (κ1) is 14.2. The van der Waals surface area contributed by atoms with E-state index in [1.54, 1.807) is 6.20 Å². The van der Waals surface area contributed by atoms with Gasteiger partial charge in [0.05, 0.1) is 15.7 Å². The van der Waals surface area contributed by atoms with Crippen molar-refractivity contribution >= 4 is 21.8 Å². The average molecular weight is 276 g/mol. The minimum atomic E-state index is -1.08. The van der Waals surface area contributed by atoms with Gasteiger partial charge in [-0.3, -0.25) is 4.98 Å². The molecule has 19 heavy (non-hydrogen) atoms. The summed E-state index contributed by atoms with van der Waals surface area (Å²) in [6.45, 7) is 7.93. The van der Waals surface area contributed by atoms with Crippen LogP contribution >= 0.6 is 0 Å². The number of rotatable bonds is 3. The standard InChI is InChI=1S/C15H20N2OS/c1-11(17-19(18)15(2,3)4)13-7-5-6-12-8-9-16-10-14(12)13/h5-11,17H,1-4H3/t11-,19?/m0/s1. The van der Waals surface area contributed by atoms with Gasteiger partial charge in [0.25, 0.3) is 0 Å². The van der Waals surface area contributed by atoms with Crippen molar-refractivity contribution in [3.05, 3.63) is 42.2 Å². The number of benzene rings is 1. The monoisotopic (exact) mass is 276 g/mol.